The summed E-state index contributed by atoms with van der Waals surface area (Å²) in [7, 11) is 4.25. The van der Waals surface area contributed by atoms with Crippen molar-refractivity contribution >= 4 is 27.3 Å². The van der Waals surface area contributed by atoms with Gasteiger partial charge in [-0.2, -0.15) is 0 Å². The molecule has 3 nitrogen and oxygen atoms in total. The van der Waals surface area contributed by atoms with E-state index in [2.05, 4.69) is 63.3 Å². The highest BCUT2D eigenvalue weighted by Gasteiger charge is 2.15. The van der Waals surface area contributed by atoms with Crippen LogP contribution >= 0.6 is 15.9 Å². The summed E-state index contributed by atoms with van der Waals surface area (Å²) in [6.45, 7) is 4.41. The fourth-order valence-electron chi connectivity index (χ4n) is 2.17. The van der Waals surface area contributed by atoms with E-state index in [1.54, 1.807) is 0 Å². The summed E-state index contributed by atoms with van der Waals surface area (Å²) >= 11 is 3.55. The first-order chi connectivity index (χ1) is 8.16. The Morgan fingerprint density at radius 1 is 1.41 bits per heavy atom. The van der Waals surface area contributed by atoms with Crippen molar-refractivity contribution in [1.29, 1.82) is 0 Å². The smallest absolute Gasteiger partial charge is 0.0613 e. The molecule has 0 unspecified atom stereocenters. The third-order valence-corrected chi connectivity index (χ3v) is 3.52. The van der Waals surface area contributed by atoms with Crippen LogP contribution in [0.3, 0.4) is 0 Å². The Kier molecular flexibility index (Phi) is 4.29. The first-order valence-corrected chi connectivity index (χ1v) is 6.89. The van der Waals surface area contributed by atoms with Crippen LogP contribution in [-0.2, 0) is 0 Å². The van der Waals surface area contributed by atoms with Crippen LogP contribution in [0.1, 0.15) is 6.42 Å². The maximum atomic E-state index is 3.55. The van der Waals surface area contributed by atoms with Gasteiger partial charge in [0, 0.05) is 24.1 Å². The van der Waals surface area contributed by atoms with E-state index in [-0.39, 0.29) is 0 Å². The number of rotatable bonds is 4. The van der Waals surface area contributed by atoms with Crippen LogP contribution in [0, 0.1) is 0 Å². The van der Waals surface area contributed by atoms with Gasteiger partial charge < -0.3 is 15.1 Å². The third kappa shape index (κ3) is 3.36. The maximum Gasteiger partial charge on any atom is 0.0613 e. The van der Waals surface area contributed by atoms with Crippen LogP contribution in [0.4, 0.5) is 11.4 Å². The van der Waals surface area contributed by atoms with Gasteiger partial charge in [0.1, 0.15) is 0 Å². The van der Waals surface area contributed by atoms with Crippen molar-refractivity contribution in [2.75, 3.05) is 50.5 Å². The van der Waals surface area contributed by atoms with Gasteiger partial charge in [0.2, 0.25) is 0 Å². The van der Waals surface area contributed by atoms with Crippen molar-refractivity contribution in [2.24, 2.45) is 0 Å². The molecule has 1 aromatic rings. The number of halogens is 1. The van der Waals surface area contributed by atoms with Crippen LogP contribution < -0.4 is 10.2 Å². The minimum Gasteiger partial charge on any atom is -0.382 e. The molecule has 0 bridgehead atoms. The average molecular weight is 298 g/mol. The molecule has 0 aromatic heterocycles. The zero-order valence-corrected chi connectivity index (χ0v) is 12.1. The van der Waals surface area contributed by atoms with Gasteiger partial charge in [-0.05, 0) is 45.3 Å². The van der Waals surface area contributed by atoms with Crippen LogP contribution in [0.5, 0.6) is 0 Å². The summed E-state index contributed by atoms with van der Waals surface area (Å²) in [6.07, 6.45) is 1.21. The van der Waals surface area contributed by atoms with Crippen LogP contribution in [0.25, 0.3) is 0 Å². The van der Waals surface area contributed by atoms with E-state index in [0.717, 1.165) is 30.7 Å². The average Bonchev–Trinajstić information content (AvgIpc) is 2.29. The number of hydrogen-bond acceptors (Lipinski definition) is 3. The number of benzene rings is 1. The molecule has 0 aliphatic carbocycles. The Hall–Kier alpha value is -0.740. The molecule has 1 aliphatic heterocycles. The van der Waals surface area contributed by atoms with Gasteiger partial charge in [0.15, 0.2) is 0 Å². The number of nitrogens with zero attached hydrogens (tertiary/aromatic N) is 2. The second-order valence-electron chi connectivity index (χ2n) is 4.73. The minimum absolute atomic E-state index is 1.04. The third-order valence-electron chi connectivity index (χ3n) is 3.03. The Bertz CT molecular complexity index is 379. The molecule has 1 aromatic carbocycles. The predicted molar refractivity (Wildman–Crippen MR) is 78.0 cm³/mol. The molecule has 0 atom stereocenters. The SMILES string of the molecule is CN(C)CCCN1CCNc2ccc(Br)cc21. The van der Waals surface area contributed by atoms with E-state index in [4.69, 9.17) is 0 Å². The monoisotopic (exact) mass is 297 g/mol. The summed E-state index contributed by atoms with van der Waals surface area (Å²) in [5.74, 6) is 0. The highest BCUT2D eigenvalue weighted by Crippen LogP contribution is 2.31. The van der Waals surface area contributed by atoms with Crippen molar-refractivity contribution < 1.29 is 0 Å². The Morgan fingerprint density at radius 2 is 2.24 bits per heavy atom. The van der Waals surface area contributed by atoms with E-state index >= 15 is 0 Å². The van der Waals surface area contributed by atoms with E-state index < -0.39 is 0 Å². The molecule has 1 N–H and O–H groups in total. The van der Waals surface area contributed by atoms with Crippen molar-refractivity contribution in [3.8, 4) is 0 Å². The molecule has 17 heavy (non-hydrogen) atoms. The van der Waals surface area contributed by atoms with E-state index in [9.17, 15) is 0 Å². The zero-order chi connectivity index (χ0) is 12.3. The Balaban J connectivity index is 2.03. The summed E-state index contributed by atoms with van der Waals surface area (Å²) in [6, 6.07) is 6.45. The number of nitrogens with one attached hydrogen (secondary N) is 1. The number of anilines is 2. The molecule has 1 aliphatic rings. The van der Waals surface area contributed by atoms with Gasteiger partial charge in [-0.3, -0.25) is 0 Å². The Morgan fingerprint density at radius 3 is 3.00 bits per heavy atom. The molecular formula is C13H20BrN3. The molecule has 0 radical (unpaired) electrons. The van der Waals surface area contributed by atoms with Gasteiger partial charge in [-0.15, -0.1) is 0 Å². The van der Waals surface area contributed by atoms with Crippen LogP contribution in [-0.4, -0.2) is 45.2 Å². The van der Waals surface area contributed by atoms with Gasteiger partial charge in [0.05, 0.1) is 11.4 Å². The molecule has 0 saturated carbocycles. The quantitative estimate of drug-likeness (QED) is 0.922. The normalized spacial score (nSPS) is 14.7. The first-order valence-electron chi connectivity index (χ1n) is 6.10. The molecule has 0 fully saturated rings. The summed E-state index contributed by atoms with van der Waals surface area (Å²) in [4.78, 5) is 4.71. The zero-order valence-electron chi connectivity index (χ0n) is 10.5. The molecule has 1 heterocycles. The van der Waals surface area contributed by atoms with E-state index in [1.807, 2.05) is 0 Å². The lowest BCUT2D eigenvalue weighted by atomic mass is 10.2. The van der Waals surface area contributed by atoms with Crippen molar-refractivity contribution in [3.63, 3.8) is 0 Å². The predicted octanol–water partition coefficient (Wildman–Crippen LogP) is 2.63. The standard InChI is InChI=1S/C13H20BrN3/c1-16(2)7-3-8-17-9-6-15-12-5-4-11(14)10-13(12)17/h4-5,10,15H,3,6-9H2,1-2H3. The fraction of sp³-hybridized carbons (Fsp3) is 0.538. The highest BCUT2D eigenvalue weighted by atomic mass is 79.9. The molecular weight excluding hydrogens is 278 g/mol. The topological polar surface area (TPSA) is 18.5 Å². The van der Waals surface area contributed by atoms with E-state index in [1.165, 1.54) is 17.8 Å². The van der Waals surface area contributed by atoms with Gasteiger partial charge >= 0.3 is 0 Å². The minimum atomic E-state index is 1.04. The van der Waals surface area contributed by atoms with Crippen molar-refractivity contribution in [1.82, 2.24) is 4.90 Å². The van der Waals surface area contributed by atoms with Crippen molar-refractivity contribution in [3.05, 3.63) is 22.7 Å². The number of hydrogen-bond donors (Lipinski definition) is 1. The molecule has 0 saturated heterocycles. The summed E-state index contributed by atoms with van der Waals surface area (Å²) < 4.78 is 1.15. The molecule has 94 valence electrons. The van der Waals surface area contributed by atoms with Gasteiger partial charge in [-0.25, -0.2) is 0 Å². The van der Waals surface area contributed by atoms with E-state index in [0.29, 0.717) is 0 Å². The second-order valence-corrected chi connectivity index (χ2v) is 5.65. The molecule has 2 rings (SSSR count). The summed E-state index contributed by atoms with van der Waals surface area (Å²) in [5, 5.41) is 3.45. The van der Waals surface area contributed by atoms with Gasteiger partial charge in [-0.1, -0.05) is 15.9 Å². The second kappa shape index (κ2) is 5.74. The summed E-state index contributed by atoms with van der Waals surface area (Å²) in [5.41, 5.74) is 2.58. The molecule has 0 spiro atoms. The van der Waals surface area contributed by atoms with Crippen LogP contribution in [0.15, 0.2) is 22.7 Å². The highest BCUT2D eigenvalue weighted by molar-refractivity contribution is 9.10. The van der Waals surface area contributed by atoms with Crippen LogP contribution in [0.2, 0.25) is 0 Å². The largest absolute Gasteiger partial charge is 0.382 e. The lowest BCUT2D eigenvalue weighted by Gasteiger charge is -2.32. The van der Waals surface area contributed by atoms with Gasteiger partial charge in [0.25, 0.3) is 0 Å². The fourth-order valence-corrected chi connectivity index (χ4v) is 2.52. The first kappa shape index (κ1) is 12.7. The number of fused-ring (bicyclic) bond motifs is 1. The maximum absolute atomic E-state index is 3.55. The van der Waals surface area contributed by atoms with Crippen molar-refractivity contribution in [2.45, 2.75) is 6.42 Å². The molecule has 0 amide bonds. The lowest BCUT2D eigenvalue weighted by Crippen LogP contribution is -2.35. The Labute approximate surface area is 112 Å². The lowest BCUT2D eigenvalue weighted by molar-refractivity contribution is 0.400. The molecule has 4 heteroatoms.